The van der Waals surface area contributed by atoms with E-state index in [0.717, 1.165) is 0 Å². The van der Waals surface area contributed by atoms with Crippen molar-refractivity contribution in [1.82, 2.24) is 0 Å². The van der Waals surface area contributed by atoms with Crippen molar-refractivity contribution in [3.63, 3.8) is 0 Å². The van der Waals surface area contributed by atoms with Crippen molar-refractivity contribution in [2.24, 2.45) is 10.8 Å². The number of rotatable bonds is 26. The van der Waals surface area contributed by atoms with Crippen LogP contribution >= 0.6 is 0 Å². The van der Waals surface area contributed by atoms with Crippen molar-refractivity contribution in [2.45, 2.75) is 103 Å². The first-order chi connectivity index (χ1) is 18.1. The Hall–Kier alpha value is -3.37. The van der Waals surface area contributed by atoms with Crippen LogP contribution < -0.4 is 5.73 Å². The van der Waals surface area contributed by atoms with E-state index in [2.05, 4.69) is 10.0 Å². The molecule has 12 nitrogen and oxygen atoms in total. The van der Waals surface area contributed by atoms with Gasteiger partial charge in [-0.15, -0.1) is 0 Å². The second-order valence-corrected chi connectivity index (χ2v) is 9.05. The number of hydrogen-bond acceptors (Lipinski definition) is 10. The molecule has 0 aliphatic rings. The quantitative estimate of drug-likeness (QED) is 0.0979. The van der Waals surface area contributed by atoms with E-state index in [9.17, 15) is 38.4 Å². The molecule has 0 rings (SSSR count). The van der Waals surface area contributed by atoms with Gasteiger partial charge in [-0.2, -0.15) is 0 Å². The smallest absolute Gasteiger partial charge is 0.134 e. The second kappa shape index (κ2) is 21.7. The number of hydrogen-bond donors (Lipinski definition) is 1. The van der Waals surface area contributed by atoms with Crippen LogP contribution in [-0.4, -0.2) is 59.4 Å². The molecule has 0 bridgehead atoms. The highest BCUT2D eigenvalue weighted by atomic mass is 16.2. The zero-order valence-electron chi connectivity index (χ0n) is 21.9. The van der Waals surface area contributed by atoms with Gasteiger partial charge in [-0.3, -0.25) is 38.4 Å². The molecule has 0 aromatic carbocycles. The largest absolute Gasteiger partial charge is 0.330 e. The summed E-state index contributed by atoms with van der Waals surface area (Å²) in [6, 6.07) is 0. The zero-order chi connectivity index (χ0) is 28.8. The van der Waals surface area contributed by atoms with Gasteiger partial charge in [0.2, 0.25) is 0 Å². The minimum atomic E-state index is -0.259. The van der Waals surface area contributed by atoms with Crippen molar-refractivity contribution in [1.29, 1.82) is 0 Å². The Labute approximate surface area is 222 Å². The van der Waals surface area contributed by atoms with Crippen molar-refractivity contribution in [3.8, 4) is 0 Å². The van der Waals surface area contributed by atoms with Gasteiger partial charge in [0.25, 0.3) is 0 Å². The molecule has 0 radical (unpaired) electrons. The molecule has 0 unspecified atom stereocenters. The minimum absolute atomic E-state index is 0.00840. The molecule has 0 saturated heterocycles. The van der Waals surface area contributed by atoms with Crippen LogP contribution in [0.3, 0.4) is 0 Å². The van der Waals surface area contributed by atoms with E-state index < -0.39 is 0 Å². The maximum Gasteiger partial charge on any atom is 0.134 e. The van der Waals surface area contributed by atoms with Gasteiger partial charge in [0.1, 0.15) is 46.3 Å². The monoisotopic (exact) mass is 534 g/mol. The van der Waals surface area contributed by atoms with Crippen molar-refractivity contribution in [3.05, 3.63) is 10.4 Å². The Bertz CT molecular complexity index is 922. The normalized spacial score (nSPS) is 10.3. The van der Waals surface area contributed by atoms with E-state index >= 15 is 0 Å². The molecule has 2 N–H and O–H groups in total. The number of azide groups is 1. The highest BCUT2D eigenvalue weighted by Crippen LogP contribution is 2.09. The van der Waals surface area contributed by atoms with Crippen LogP contribution in [0.25, 0.3) is 10.4 Å². The minimum Gasteiger partial charge on any atom is -0.330 e. The third-order valence-electron chi connectivity index (χ3n) is 5.76. The van der Waals surface area contributed by atoms with Crippen molar-refractivity contribution >= 4 is 46.3 Å². The van der Waals surface area contributed by atoms with Gasteiger partial charge in [0.05, 0.1) is 0 Å². The van der Waals surface area contributed by atoms with Gasteiger partial charge in [-0.05, 0) is 12.1 Å². The van der Waals surface area contributed by atoms with Crippen LogP contribution in [0.4, 0.5) is 0 Å². The fraction of sp³-hybridized carbons (Fsp3) is 0.692. The van der Waals surface area contributed by atoms with Crippen LogP contribution in [0.15, 0.2) is 5.11 Å². The first-order valence-corrected chi connectivity index (χ1v) is 12.9. The fourth-order valence-electron chi connectivity index (χ4n) is 3.33. The lowest BCUT2D eigenvalue weighted by atomic mass is 10.00. The van der Waals surface area contributed by atoms with Gasteiger partial charge in [-0.25, -0.2) is 0 Å². The van der Waals surface area contributed by atoms with Crippen molar-refractivity contribution in [2.75, 3.05) is 13.1 Å². The second-order valence-electron chi connectivity index (χ2n) is 9.05. The zero-order valence-corrected chi connectivity index (χ0v) is 21.9. The van der Waals surface area contributed by atoms with Crippen molar-refractivity contribution < 1.29 is 38.4 Å². The molecule has 0 aliphatic carbocycles. The molecule has 0 aliphatic heterocycles. The van der Waals surface area contributed by atoms with Crippen LogP contribution in [-0.2, 0) is 38.4 Å². The predicted octanol–water partition coefficient (Wildman–Crippen LogP) is 3.05. The summed E-state index contributed by atoms with van der Waals surface area (Å²) in [6.45, 7) is 0.282. The van der Waals surface area contributed by atoms with E-state index in [0.29, 0.717) is 0 Å². The first-order valence-electron chi connectivity index (χ1n) is 12.9. The molecule has 0 spiro atoms. The Morgan fingerprint density at radius 1 is 0.421 bits per heavy atom. The van der Waals surface area contributed by atoms with E-state index in [1.54, 1.807) is 0 Å². The number of Topliss-reactive ketones (excluding diaryl/α,β-unsaturated/α-hetero) is 8. The summed E-state index contributed by atoms with van der Waals surface area (Å²) in [6.07, 6.45) is 0.354. The average molecular weight is 535 g/mol. The molecule has 0 aromatic rings. The molecule has 0 atom stereocenters. The highest BCUT2D eigenvalue weighted by Gasteiger charge is 2.14. The van der Waals surface area contributed by atoms with Crippen LogP contribution in [0.1, 0.15) is 103 Å². The molecule has 0 heterocycles. The number of carbonyl (C=O) groups excluding carboxylic acids is 8. The number of nitrogens with zero attached hydrogens (tertiary/aromatic N) is 3. The number of ketones is 8. The van der Waals surface area contributed by atoms with Gasteiger partial charge >= 0.3 is 0 Å². The molecular weight excluding hydrogens is 496 g/mol. The van der Waals surface area contributed by atoms with E-state index in [-0.39, 0.29) is 162 Å². The van der Waals surface area contributed by atoms with Crippen LogP contribution in [0, 0.1) is 0 Å². The Morgan fingerprint density at radius 3 is 0.842 bits per heavy atom. The lowest BCUT2D eigenvalue weighted by Gasteiger charge is -2.03. The maximum atomic E-state index is 12.0. The standard InChI is InChI=1S/C26H38N4O8/c27-17-15-25(37)13-11-23(35)9-7-21(33)5-3-19(31)1-2-20(32)4-6-22(34)8-10-24(36)12-14-26(38)16-18-29-30-28/h1-18,27H2. The van der Waals surface area contributed by atoms with Gasteiger partial charge in [-0.1, -0.05) is 5.11 Å². The highest BCUT2D eigenvalue weighted by molar-refractivity contribution is 5.93. The molecule has 0 fully saturated rings. The maximum absolute atomic E-state index is 12.0. The third kappa shape index (κ3) is 20.8. The summed E-state index contributed by atoms with van der Waals surface area (Å²) >= 11 is 0. The molecule has 12 heteroatoms. The Morgan fingerprint density at radius 2 is 0.632 bits per heavy atom. The Balaban J connectivity index is 3.93. The molecule has 0 aromatic heterocycles. The third-order valence-corrected chi connectivity index (χ3v) is 5.76. The van der Waals surface area contributed by atoms with E-state index in [1.807, 2.05) is 0 Å². The molecule has 0 amide bonds. The van der Waals surface area contributed by atoms with Gasteiger partial charge < -0.3 is 5.73 Å². The SMILES string of the molecule is [N-]=[N+]=NCCC(=O)CCC(=O)CCC(=O)CCC(=O)CCC(=O)CCC(=O)CCC(=O)CCC(=O)CCN. The number of carbonyl (C=O) groups is 8. The molecular formula is C26H38N4O8. The topological polar surface area (TPSA) is 211 Å². The van der Waals surface area contributed by atoms with Crippen LogP contribution in [0.5, 0.6) is 0 Å². The molecule has 38 heavy (non-hydrogen) atoms. The summed E-state index contributed by atoms with van der Waals surface area (Å²) < 4.78 is 0. The van der Waals surface area contributed by atoms with Crippen LogP contribution in [0.2, 0.25) is 0 Å². The summed E-state index contributed by atoms with van der Waals surface area (Å²) in [5, 5.41) is 3.25. The van der Waals surface area contributed by atoms with Gasteiger partial charge in [0, 0.05) is 114 Å². The molecule has 210 valence electrons. The average Bonchev–Trinajstić information content (AvgIpc) is 2.89. The molecule has 0 saturated carbocycles. The van der Waals surface area contributed by atoms with E-state index in [1.165, 1.54) is 0 Å². The summed E-state index contributed by atoms with van der Waals surface area (Å²) in [5.74, 6) is -1.70. The first kappa shape index (κ1) is 34.6. The van der Waals surface area contributed by atoms with E-state index in [4.69, 9.17) is 11.3 Å². The number of nitrogens with two attached hydrogens (primary N) is 1. The van der Waals surface area contributed by atoms with Gasteiger partial charge in [0.15, 0.2) is 0 Å². The summed E-state index contributed by atoms with van der Waals surface area (Å²) in [5.41, 5.74) is 13.4. The predicted molar refractivity (Wildman–Crippen MR) is 137 cm³/mol. The lowest BCUT2D eigenvalue weighted by molar-refractivity contribution is -0.128. The summed E-state index contributed by atoms with van der Waals surface area (Å²) in [7, 11) is 0. The fourth-order valence-corrected chi connectivity index (χ4v) is 3.33. The lowest BCUT2D eigenvalue weighted by Crippen LogP contribution is -2.11. The Kier molecular flexibility index (Phi) is 19.8. The summed E-state index contributed by atoms with van der Waals surface area (Å²) in [4.78, 5) is 96.7.